The van der Waals surface area contributed by atoms with Gasteiger partial charge in [0.1, 0.15) is 0 Å². The van der Waals surface area contributed by atoms with Crippen LogP contribution in [0.15, 0.2) is 11.4 Å². The van der Waals surface area contributed by atoms with Crippen molar-refractivity contribution in [3.8, 4) is 6.07 Å². The molecule has 0 aromatic carbocycles. The lowest BCUT2D eigenvalue weighted by Gasteiger charge is -2.11. The zero-order valence-corrected chi connectivity index (χ0v) is 6.34. The third-order valence-electron chi connectivity index (χ3n) is 1.23. The Bertz CT molecular complexity index is 208. The van der Waals surface area contributed by atoms with Gasteiger partial charge in [0.2, 0.25) is 0 Å². The van der Waals surface area contributed by atoms with E-state index in [1.165, 1.54) is 0 Å². The van der Waals surface area contributed by atoms with Gasteiger partial charge in [-0.25, -0.2) is 10.1 Å². The van der Waals surface area contributed by atoms with Gasteiger partial charge in [0.05, 0.1) is 12.6 Å². The second-order valence-corrected chi connectivity index (χ2v) is 2.05. The van der Waals surface area contributed by atoms with Gasteiger partial charge in [-0.15, -0.1) is 0 Å². The molecule has 0 aliphatic carbocycles. The summed E-state index contributed by atoms with van der Waals surface area (Å²) < 4.78 is 0. The number of hydrogen-bond donors (Lipinski definition) is 0. The van der Waals surface area contributed by atoms with Gasteiger partial charge in [-0.3, -0.25) is 0 Å². The molecule has 0 unspecified atom stereocenters. The second-order valence-electron chi connectivity index (χ2n) is 2.05. The predicted molar refractivity (Wildman–Crippen MR) is 38.6 cm³/mol. The van der Waals surface area contributed by atoms with Crippen molar-refractivity contribution in [2.24, 2.45) is 0 Å². The average Bonchev–Trinajstić information content (AvgIpc) is 1.90. The molecule has 0 aromatic rings. The van der Waals surface area contributed by atoms with Crippen LogP contribution in [0.3, 0.4) is 0 Å². The number of nitriles is 1. The number of allylic oxidation sites excluding steroid dienone is 2. The van der Waals surface area contributed by atoms with Crippen LogP contribution in [0.4, 0.5) is 0 Å². The summed E-state index contributed by atoms with van der Waals surface area (Å²) in [6.07, 6.45) is 0. The van der Waals surface area contributed by atoms with Crippen LogP contribution < -0.4 is 0 Å². The fraction of sp³-hybridized carbons (Fsp3) is 0.429. The van der Waals surface area contributed by atoms with E-state index in [1.807, 2.05) is 6.07 Å². The van der Waals surface area contributed by atoms with Gasteiger partial charge in [-0.1, -0.05) is 0 Å². The first-order valence-electron chi connectivity index (χ1n) is 2.79. The van der Waals surface area contributed by atoms with E-state index >= 15 is 0 Å². The molecular weight excluding hydrogens is 126 g/mol. The molecule has 52 valence electrons. The first-order chi connectivity index (χ1) is 4.63. The van der Waals surface area contributed by atoms with Crippen LogP contribution in [-0.4, -0.2) is 19.0 Å². The van der Waals surface area contributed by atoms with E-state index in [9.17, 15) is 0 Å². The van der Waals surface area contributed by atoms with Crippen LogP contribution in [0.2, 0.25) is 0 Å². The number of hydrogen-bond acceptors (Lipinski definition) is 2. The van der Waals surface area contributed by atoms with Crippen molar-refractivity contribution in [2.45, 2.75) is 6.92 Å². The molecule has 3 nitrogen and oxygen atoms in total. The van der Waals surface area contributed by atoms with Crippen LogP contribution >= 0.6 is 0 Å². The van der Waals surface area contributed by atoms with E-state index in [0.29, 0.717) is 5.70 Å². The normalized spacial score (nSPS) is 10.9. The summed E-state index contributed by atoms with van der Waals surface area (Å²) >= 11 is 0. The van der Waals surface area contributed by atoms with Crippen molar-refractivity contribution in [1.29, 1.82) is 5.26 Å². The minimum absolute atomic E-state index is 0.157. The minimum atomic E-state index is 0.157. The standard InChI is InChI=1S/C7H9N3/c1-6(10(3)4)7(5-8)9-2/h1,3-4H3/b7-6+. The maximum atomic E-state index is 8.40. The molecule has 0 aliphatic rings. The van der Waals surface area contributed by atoms with Gasteiger partial charge >= 0.3 is 0 Å². The second kappa shape index (κ2) is 3.53. The molecule has 0 heterocycles. The quantitative estimate of drug-likeness (QED) is 0.400. The minimum Gasteiger partial charge on any atom is -0.390 e. The average molecular weight is 135 g/mol. The molecule has 0 atom stereocenters. The van der Waals surface area contributed by atoms with Crippen LogP contribution in [0.25, 0.3) is 4.85 Å². The Kier molecular flexibility index (Phi) is 3.01. The van der Waals surface area contributed by atoms with E-state index in [-0.39, 0.29) is 5.70 Å². The van der Waals surface area contributed by atoms with Gasteiger partial charge < -0.3 is 4.90 Å². The third kappa shape index (κ3) is 1.80. The van der Waals surface area contributed by atoms with Crippen molar-refractivity contribution in [2.75, 3.05) is 14.1 Å². The Hall–Kier alpha value is -1.48. The summed E-state index contributed by atoms with van der Waals surface area (Å²) in [5.74, 6) is 0. The number of nitrogens with zero attached hydrogens (tertiary/aromatic N) is 3. The molecule has 0 aliphatic heterocycles. The molecule has 0 saturated heterocycles. The van der Waals surface area contributed by atoms with Crippen molar-refractivity contribution in [3.63, 3.8) is 0 Å². The van der Waals surface area contributed by atoms with E-state index in [0.717, 1.165) is 0 Å². The lowest BCUT2D eigenvalue weighted by Crippen LogP contribution is -2.09. The maximum absolute atomic E-state index is 8.40. The first-order valence-corrected chi connectivity index (χ1v) is 2.79. The maximum Gasteiger partial charge on any atom is 0.280 e. The molecule has 0 bridgehead atoms. The van der Waals surface area contributed by atoms with E-state index in [1.54, 1.807) is 25.9 Å². The highest BCUT2D eigenvalue weighted by Gasteiger charge is 2.00. The Balaban J connectivity index is 4.70. The summed E-state index contributed by atoms with van der Waals surface area (Å²) in [6, 6.07) is 1.82. The lowest BCUT2D eigenvalue weighted by molar-refractivity contribution is 0.511. The fourth-order valence-electron chi connectivity index (χ4n) is 0.399. The Morgan fingerprint density at radius 3 is 2.20 bits per heavy atom. The Labute approximate surface area is 61.0 Å². The smallest absolute Gasteiger partial charge is 0.280 e. The molecule has 0 spiro atoms. The monoisotopic (exact) mass is 135 g/mol. The van der Waals surface area contributed by atoms with Crippen LogP contribution in [0, 0.1) is 17.9 Å². The van der Waals surface area contributed by atoms with Gasteiger partial charge in [-0.05, 0) is 6.92 Å². The molecule has 0 amide bonds. The SMILES string of the molecule is [C-]#[N+]/C(C#N)=C(\C)N(C)C. The van der Waals surface area contributed by atoms with Crippen molar-refractivity contribution < 1.29 is 0 Å². The molecule has 10 heavy (non-hydrogen) atoms. The predicted octanol–water partition coefficient (Wildman–Crippen LogP) is 1.22. The van der Waals surface area contributed by atoms with Gasteiger partial charge in [0.25, 0.3) is 5.70 Å². The molecule has 0 N–H and O–H groups in total. The highest BCUT2D eigenvalue weighted by atomic mass is 15.1. The zero-order valence-electron chi connectivity index (χ0n) is 6.34. The van der Waals surface area contributed by atoms with Gasteiger partial charge in [-0.2, -0.15) is 0 Å². The first kappa shape index (κ1) is 8.52. The molecule has 3 heteroatoms. The Morgan fingerprint density at radius 2 is 2.10 bits per heavy atom. The third-order valence-corrected chi connectivity index (χ3v) is 1.23. The van der Waals surface area contributed by atoms with E-state index < -0.39 is 0 Å². The van der Waals surface area contributed by atoms with Crippen LogP contribution in [0.1, 0.15) is 6.92 Å². The molecular formula is C7H9N3. The topological polar surface area (TPSA) is 31.4 Å². The largest absolute Gasteiger partial charge is 0.390 e. The fourth-order valence-corrected chi connectivity index (χ4v) is 0.399. The molecule has 0 saturated carbocycles. The summed E-state index contributed by atoms with van der Waals surface area (Å²) in [4.78, 5) is 4.80. The summed E-state index contributed by atoms with van der Waals surface area (Å²) in [6.45, 7) is 8.35. The van der Waals surface area contributed by atoms with Gasteiger partial charge in [0, 0.05) is 19.8 Å². The van der Waals surface area contributed by atoms with Crippen LogP contribution in [0.5, 0.6) is 0 Å². The van der Waals surface area contributed by atoms with E-state index in [2.05, 4.69) is 4.85 Å². The highest BCUT2D eigenvalue weighted by Crippen LogP contribution is 2.05. The van der Waals surface area contributed by atoms with Crippen molar-refractivity contribution in [3.05, 3.63) is 22.8 Å². The van der Waals surface area contributed by atoms with Crippen LogP contribution in [-0.2, 0) is 0 Å². The lowest BCUT2D eigenvalue weighted by atomic mass is 10.3. The summed E-state index contributed by atoms with van der Waals surface area (Å²) in [5.41, 5.74) is 0.863. The number of rotatable bonds is 1. The molecule has 0 rings (SSSR count). The molecule has 0 radical (unpaired) electrons. The zero-order chi connectivity index (χ0) is 8.15. The summed E-state index contributed by atoms with van der Waals surface area (Å²) in [7, 11) is 3.61. The summed E-state index contributed by atoms with van der Waals surface area (Å²) in [5, 5.41) is 8.40. The molecule has 0 fully saturated rings. The highest BCUT2D eigenvalue weighted by molar-refractivity contribution is 5.31. The Morgan fingerprint density at radius 1 is 1.60 bits per heavy atom. The van der Waals surface area contributed by atoms with Crippen molar-refractivity contribution in [1.82, 2.24) is 4.90 Å². The van der Waals surface area contributed by atoms with Gasteiger partial charge in [0.15, 0.2) is 0 Å². The molecule has 0 aromatic heterocycles. The van der Waals surface area contributed by atoms with E-state index in [4.69, 9.17) is 11.8 Å². The van der Waals surface area contributed by atoms with Crippen molar-refractivity contribution >= 4 is 0 Å².